The van der Waals surface area contributed by atoms with E-state index in [0.29, 0.717) is 22.9 Å². The first-order valence-corrected chi connectivity index (χ1v) is 6.65. The average molecular weight is 225 g/mol. The molecule has 2 aliphatic carbocycles. The lowest BCUT2D eigenvalue weighted by Gasteiger charge is -2.44. The predicted molar refractivity (Wildman–Crippen MR) is 67.5 cm³/mol. The highest BCUT2D eigenvalue weighted by atomic mass is 16.5. The van der Waals surface area contributed by atoms with Crippen molar-refractivity contribution in [2.24, 2.45) is 16.7 Å². The van der Waals surface area contributed by atoms with Crippen molar-refractivity contribution in [1.29, 1.82) is 0 Å². The summed E-state index contributed by atoms with van der Waals surface area (Å²) in [5.74, 6) is 0.921. The summed E-state index contributed by atoms with van der Waals surface area (Å²) in [6, 6.07) is 1.12. The van der Waals surface area contributed by atoms with Crippen LogP contribution in [-0.2, 0) is 4.74 Å². The van der Waals surface area contributed by atoms with Gasteiger partial charge in [-0.3, -0.25) is 0 Å². The molecular formula is C14H27NO. The number of fused-ring (bicyclic) bond motifs is 2. The van der Waals surface area contributed by atoms with Gasteiger partial charge in [0.1, 0.15) is 0 Å². The monoisotopic (exact) mass is 225 g/mol. The number of hydrogen-bond donors (Lipinski definition) is 1. The summed E-state index contributed by atoms with van der Waals surface area (Å²) >= 11 is 0. The Balaban J connectivity index is 2.08. The standard InChI is InChI=1S/C14H27NO/c1-10(9-16-5)15-12-13(2,3)11-6-7-14(12,4)8-11/h10-12,15H,6-9H2,1-5H3/t10?,11-,12?,14+/m0/s1. The van der Waals surface area contributed by atoms with Gasteiger partial charge in [-0.2, -0.15) is 0 Å². The van der Waals surface area contributed by atoms with Gasteiger partial charge in [0.15, 0.2) is 0 Å². The summed E-state index contributed by atoms with van der Waals surface area (Å²) in [6.07, 6.45) is 4.25. The van der Waals surface area contributed by atoms with E-state index in [1.54, 1.807) is 7.11 Å². The van der Waals surface area contributed by atoms with Crippen LogP contribution in [0.25, 0.3) is 0 Å². The smallest absolute Gasteiger partial charge is 0.0613 e. The zero-order valence-electron chi connectivity index (χ0n) is 11.5. The van der Waals surface area contributed by atoms with Gasteiger partial charge in [-0.25, -0.2) is 0 Å². The van der Waals surface area contributed by atoms with Crippen LogP contribution in [0, 0.1) is 16.7 Å². The van der Waals surface area contributed by atoms with E-state index < -0.39 is 0 Å². The van der Waals surface area contributed by atoms with Crippen molar-refractivity contribution in [3.63, 3.8) is 0 Å². The summed E-state index contributed by atoms with van der Waals surface area (Å²) < 4.78 is 5.23. The van der Waals surface area contributed by atoms with Crippen molar-refractivity contribution in [3.8, 4) is 0 Å². The minimum Gasteiger partial charge on any atom is -0.383 e. The molecule has 0 amide bonds. The van der Waals surface area contributed by atoms with Crippen molar-refractivity contribution in [2.45, 2.75) is 59.0 Å². The normalized spacial score (nSPS) is 42.6. The van der Waals surface area contributed by atoms with Crippen LogP contribution in [0.15, 0.2) is 0 Å². The molecule has 16 heavy (non-hydrogen) atoms. The first kappa shape index (κ1) is 12.4. The fourth-order valence-electron chi connectivity index (χ4n) is 4.30. The van der Waals surface area contributed by atoms with Gasteiger partial charge in [0.2, 0.25) is 0 Å². The number of methoxy groups -OCH3 is 1. The SMILES string of the molecule is COCC(C)NC1C(C)(C)[C@H]2CC[C@]1(C)C2. The highest BCUT2D eigenvalue weighted by Crippen LogP contribution is 2.62. The fourth-order valence-corrected chi connectivity index (χ4v) is 4.30. The number of nitrogens with one attached hydrogen (secondary N) is 1. The van der Waals surface area contributed by atoms with Gasteiger partial charge in [-0.05, 0) is 42.9 Å². The van der Waals surface area contributed by atoms with Gasteiger partial charge in [0.05, 0.1) is 6.61 Å². The quantitative estimate of drug-likeness (QED) is 0.794. The Morgan fingerprint density at radius 3 is 2.56 bits per heavy atom. The van der Waals surface area contributed by atoms with Crippen molar-refractivity contribution in [2.75, 3.05) is 13.7 Å². The van der Waals surface area contributed by atoms with Crippen LogP contribution in [0.3, 0.4) is 0 Å². The molecule has 2 nitrogen and oxygen atoms in total. The minimum atomic E-state index is 0.453. The van der Waals surface area contributed by atoms with E-state index in [2.05, 4.69) is 33.0 Å². The second-order valence-electron chi connectivity index (χ2n) is 6.87. The number of ether oxygens (including phenoxy) is 1. The average Bonchev–Trinajstić information content (AvgIpc) is 2.64. The van der Waals surface area contributed by atoms with Gasteiger partial charge in [-0.1, -0.05) is 20.8 Å². The molecule has 2 heteroatoms. The topological polar surface area (TPSA) is 21.3 Å². The van der Waals surface area contributed by atoms with Gasteiger partial charge >= 0.3 is 0 Å². The summed E-state index contributed by atoms with van der Waals surface area (Å²) in [5, 5.41) is 3.82. The van der Waals surface area contributed by atoms with Crippen molar-refractivity contribution in [3.05, 3.63) is 0 Å². The molecule has 2 rings (SSSR count). The third-order valence-electron chi connectivity index (χ3n) is 5.14. The molecule has 2 unspecified atom stereocenters. The second-order valence-corrected chi connectivity index (χ2v) is 6.87. The molecule has 0 heterocycles. The van der Waals surface area contributed by atoms with E-state index in [1.165, 1.54) is 19.3 Å². The maximum absolute atomic E-state index is 5.23. The first-order valence-electron chi connectivity index (χ1n) is 6.65. The van der Waals surface area contributed by atoms with E-state index >= 15 is 0 Å². The third kappa shape index (κ3) is 1.80. The molecule has 0 aromatic heterocycles. The Morgan fingerprint density at radius 2 is 2.06 bits per heavy atom. The van der Waals surface area contributed by atoms with E-state index in [0.717, 1.165) is 12.5 Å². The maximum atomic E-state index is 5.23. The molecule has 2 fully saturated rings. The largest absolute Gasteiger partial charge is 0.383 e. The van der Waals surface area contributed by atoms with Crippen LogP contribution >= 0.6 is 0 Å². The minimum absolute atomic E-state index is 0.453. The van der Waals surface area contributed by atoms with Crippen LogP contribution in [0.2, 0.25) is 0 Å². The van der Waals surface area contributed by atoms with Crippen molar-refractivity contribution >= 4 is 0 Å². The Kier molecular flexibility index (Phi) is 3.09. The Labute approximate surface area is 100 Å². The van der Waals surface area contributed by atoms with Crippen LogP contribution in [0.1, 0.15) is 47.0 Å². The van der Waals surface area contributed by atoms with E-state index in [-0.39, 0.29) is 0 Å². The Bertz CT molecular complexity index is 259. The fraction of sp³-hybridized carbons (Fsp3) is 1.00. The lowest BCUT2D eigenvalue weighted by molar-refractivity contribution is 0.0815. The van der Waals surface area contributed by atoms with E-state index in [4.69, 9.17) is 4.74 Å². The summed E-state index contributed by atoms with van der Waals surface area (Å²) in [6.45, 7) is 10.4. The van der Waals surface area contributed by atoms with E-state index in [9.17, 15) is 0 Å². The molecule has 0 aromatic rings. The van der Waals surface area contributed by atoms with Gasteiger partial charge in [0, 0.05) is 19.2 Å². The second kappa shape index (κ2) is 3.99. The Morgan fingerprint density at radius 1 is 1.38 bits per heavy atom. The molecule has 0 aromatic carbocycles. The molecule has 0 spiro atoms. The lowest BCUT2D eigenvalue weighted by atomic mass is 9.68. The molecule has 2 aliphatic rings. The molecule has 0 aliphatic heterocycles. The molecule has 0 saturated heterocycles. The summed E-state index contributed by atoms with van der Waals surface area (Å²) in [7, 11) is 1.78. The van der Waals surface area contributed by atoms with Gasteiger partial charge in [-0.15, -0.1) is 0 Å². The Hall–Kier alpha value is -0.0800. The number of rotatable bonds is 4. The molecule has 4 atom stereocenters. The third-order valence-corrected chi connectivity index (χ3v) is 5.14. The van der Waals surface area contributed by atoms with E-state index in [1.807, 2.05) is 0 Å². The molecular weight excluding hydrogens is 198 g/mol. The van der Waals surface area contributed by atoms with Crippen LogP contribution in [0.5, 0.6) is 0 Å². The molecule has 2 saturated carbocycles. The van der Waals surface area contributed by atoms with Crippen molar-refractivity contribution in [1.82, 2.24) is 5.32 Å². The zero-order chi connectivity index (χ0) is 12.0. The first-order chi connectivity index (χ1) is 7.40. The molecule has 94 valence electrons. The van der Waals surface area contributed by atoms with Gasteiger partial charge < -0.3 is 10.1 Å². The number of hydrogen-bond acceptors (Lipinski definition) is 2. The highest BCUT2D eigenvalue weighted by Gasteiger charge is 2.59. The molecule has 1 N–H and O–H groups in total. The van der Waals surface area contributed by atoms with Crippen LogP contribution in [0.4, 0.5) is 0 Å². The van der Waals surface area contributed by atoms with Crippen LogP contribution in [-0.4, -0.2) is 25.8 Å². The predicted octanol–water partition coefficient (Wildman–Crippen LogP) is 2.83. The summed E-state index contributed by atoms with van der Waals surface area (Å²) in [5.41, 5.74) is 0.977. The van der Waals surface area contributed by atoms with Crippen molar-refractivity contribution < 1.29 is 4.74 Å². The molecule has 0 radical (unpaired) electrons. The van der Waals surface area contributed by atoms with Gasteiger partial charge in [0.25, 0.3) is 0 Å². The highest BCUT2D eigenvalue weighted by molar-refractivity contribution is 5.12. The maximum Gasteiger partial charge on any atom is 0.0613 e. The molecule has 2 bridgehead atoms. The van der Waals surface area contributed by atoms with Crippen LogP contribution < -0.4 is 5.32 Å². The lowest BCUT2D eigenvalue weighted by Crippen LogP contribution is -2.53. The summed E-state index contributed by atoms with van der Waals surface area (Å²) in [4.78, 5) is 0. The zero-order valence-corrected chi connectivity index (χ0v) is 11.5.